The molecule has 136 valence electrons. The summed E-state index contributed by atoms with van der Waals surface area (Å²) in [6, 6.07) is 7.78. The Labute approximate surface area is 149 Å². The Bertz CT molecular complexity index is 634. The van der Waals surface area contributed by atoms with E-state index in [-0.39, 0.29) is 30.2 Å². The van der Waals surface area contributed by atoms with Crippen molar-refractivity contribution < 1.29 is 14.3 Å². The van der Waals surface area contributed by atoms with Gasteiger partial charge in [-0.1, -0.05) is 12.1 Å². The van der Waals surface area contributed by atoms with Crippen molar-refractivity contribution in [3.63, 3.8) is 0 Å². The summed E-state index contributed by atoms with van der Waals surface area (Å²) in [5, 5.41) is 3.16. The summed E-state index contributed by atoms with van der Waals surface area (Å²) in [5.74, 6) is 0.540. The monoisotopic (exact) mass is 345 g/mol. The van der Waals surface area contributed by atoms with Crippen molar-refractivity contribution in [3.8, 4) is 5.75 Å². The van der Waals surface area contributed by atoms with Crippen LogP contribution in [0.3, 0.4) is 0 Å². The lowest BCUT2D eigenvalue weighted by atomic mass is 10.1. The van der Waals surface area contributed by atoms with Crippen molar-refractivity contribution in [2.45, 2.75) is 32.2 Å². The van der Waals surface area contributed by atoms with Crippen molar-refractivity contribution in [2.75, 3.05) is 38.2 Å². The van der Waals surface area contributed by atoms with E-state index in [0.717, 1.165) is 31.6 Å². The van der Waals surface area contributed by atoms with E-state index in [1.165, 1.54) is 0 Å². The van der Waals surface area contributed by atoms with Gasteiger partial charge in [0.2, 0.25) is 11.8 Å². The number of anilines is 1. The summed E-state index contributed by atoms with van der Waals surface area (Å²) in [6.45, 7) is 4.50. The maximum atomic E-state index is 13.0. The van der Waals surface area contributed by atoms with E-state index >= 15 is 0 Å². The Balaban J connectivity index is 1.73. The topological polar surface area (TPSA) is 61.9 Å². The molecule has 2 amide bonds. The van der Waals surface area contributed by atoms with E-state index in [1.807, 2.05) is 43.1 Å². The number of nitrogens with one attached hydrogen (secondary N) is 1. The summed E-state index contributed by atoms with van der Waals surface area (Å²) < 4.78 is 5.64. The molecule has 0 saturated carbocycles. The third-order valence-corrected chi connectivity index (χ3v) is 5.03. The van der Waals surface area contributed by atoms with Crippen LogP contribution in [-0.4, -0.2) is 56.0 Å². The van der Waals surface area contributed by atoms with Crippen molar-refractivity contribution in [2.24, 2.45) is 5.92 Å². The van der Waals surface area contributed by atoms with E-state index in [2.05, 4.69) is 5.32 Å². The van der Waals surface area contributed by atoms with Crippen LogP contribution in [-0.2, 0) is 9.59 Å². The highest BCUT2D eigenvalue weighted by atomic mass is 16.5. The Hall–Kier alpha value is -2.08. The minimum absolute atomic E-state index is 0.00475. The highest BCUT2D eigenvalue weighted by molar-refractivity contribution is 6.01. The minimum Gasteiger partial charge on any atom is -0.492 e. The molecule has 2 unspecified atom stereocenters. The van der Waals surface area contributed by atoms with Gasteiger partial charge in [0.05, 0.1) is 18.2 Å². The smallest absolute Gasteiger partial charge is 0.228 e. The maximum absolute atomic E-state index is 13.0. The van der Waals surface area contributed by atoms with Crippen molar-refractivity contribution in [1.29, 1.82) is 0 Å². The lowest BCUT2D eigenvalue weighted by Gasteiger charge is -2.27. The molecule has 2 atom stereocenters. The van der Waals surface area contributed by atoms with Gasteiger partial charge >= 0.3 is 0 Å². The third-order valence-electron chi connectivity index (χ3n) is 5.03. The molecule has 2 heterocycles. The summed E-state index contributed by atoms with van der Waals surface area (Å²) in [7, 11) is 1.91. The van der Waals surface area contributed by atoms with Crippen molar-refractivity contribution in [3.05, 3.63) is 24.3 Å². The number of hydrogen-bond acceptors (Lipinski definition) is 4. The van der Waals surface area contributed by atoms with Gasteiger partial charge in [0.25, 0.3) is 0 Å². The molecule has 1 aromatic rings. The van der Waals surface area contributed by atoms with Crippen molar-refractivity contribution in [1.82, 2.24) is 10.2 Å². The average molecular weight is 345 g/mol. The molecular weight excluding hydrogens is 318 g/mol. The molecule has 6 nitrogen and oxygen atoms in total. The van der Waals surface area contributed by atoms with E-state index in [9.17, 15) is 9.59 Å². The van der Waals surface area contributed by atoms with Crippen LogP contribution in [0.1, 0.15) is 26.2 Å². The van der Waals surface area contributed by atoms with Gasteiger partial charge in [-0.25, -0.2) is 0 Å². The van der Waals surface area contributed by atoms with Crippen LogP contribution in [0, 0.1) is 5.92 Å². The van der Waals surface area contributed by atoms with Gasteiger partial charge in [0.1, 0.15) is 5.75 Å². The zero-order valence-corrected chi connectivity index (χ0v) is 15.0. The van der Waals surface area contributed by atoms with Crippen LogP contribution in [0.5, 0.6) is 5.75 Å². The number of benzene rings is 1. The highest BCUT2D eigenvalue weighted by Gasteiger charge is 2.40. The molecule has 2 aliphatic heterocycles. The Kier molecular flexibility index (Phi) is 5.58. The van der Waals surface area contributed by atoms with E-state index < -0.39 is 0 Å². The number of carbonyl (C=O) groups is 2. The zero-order chi connectivity index (χ0) is 17.8. The number of nitrogens with zero attached hydrogens (tertiary/aromatic N) is 2. The van der Waals surface area contributed by atoms with Gasteiger partial charge in [-0.2, -0.15) is 0 Å². The first kappa shape index (κ1) is 17.7. The first-order valence-corrected chi connectivity index (χ1v) is 9.13. The van der Waals surface area contributed by atoms with Gasteiger partial charge in [0, 0.05) is 32.1 Å². The molecule has 2 aliphatic rings. The fourth-order valence-corrected chi connectivity index (χ4v) is 3.87. The molecule has 0 spiro atoms. The molecule has 0 aliphatic carbocycles. The lowest BCUT2D eigenvalue weighted by molar-refractivity contribution is -0.136. The fraction of sp³-hybridized carbons (Fsp3) is 0.579. The second-order valence-electron chi connectivity index (χ2n) is 6.69. The van der Waals surface area contributed by atoms with Crippen LogP contribution in [0.2, 0.25) is 0 Å². The molecule has 2 fully saturated rings. The number of amides is 2. The fourth-order valence-electron chi connectivity index (χ4n) is 3.87. The van der Waals surface area contributed by atoms with E-state index in [4.69, 9.17) is 4.74 Å². The molecule has 0 radical (unpaired) electrons. The second kappa shape index (κ2) is 7.87. The van der Waals surface area contributed by atoms with Gasteiger partial charge in [-0.05, 0) is 38.9 Å². The zero-order valence-electron chi connectivity index (χ0n) is 15.0. The van der Waals surface area contributed by atoms with Gasteiger partial charge in [-0.3, -0.25) is 9.59 Å². The molecular formula is C19H27N3O3. The predicted octanol–water partition coefficient (Wildman–Crippen LogP) is 1.65. The normalized spacial score (nSPS) is 23.4. The molecule has 0 aromatic heterocycles. The van der Waals surface area contributed by atoms with Gasteiger partial charge in [-0.15, -0.1) is 0 Å². The minimum atomic E-state index is -0.264. The number of likely N-dealkylation sites (N-methyl/N-ethyl adjacent to an activating group) is 1. The SMILES string of the molecule is CCOc1ccccc1N1CC(C(=O)N2CCCC2CNC)CC1=O. The average Bonchev–Trinajstić information content (AvgIpc) is 3.22. The van der Waals surface area contributed by atoms with Crippen LogP contribution < -0.4 is 15.0 Å². The molecule has 25 heavy (non-hydrogen) atoms. The van der Waals surface area contributed by atoms with Crippen LogP contribution in [0.15, 0.2) is 24.3 Å². The van der Waals surface area contributed by atoms with Gasteiger partial charge in [0.15, 0.2) is 0 Å². The standard InChI is InChI=1S/C19H27N3O3/c1-3-25-17-9-5-4-8-16(17)22-13-14(11-18(22)23)19(24)21-10-6-7-15(21)12-20-2/h4-5,8-9,14-15,20H,3,6-7,10-13H2,1-2H3. The predicted molar refractivity (Wildman–Crippen MR) is 96.7 cm³/mol. The largest absolute Gasteiger partial charge is 0.492 e. The molecule has 3 rings (SSSR count). The molecule has 0 bridgehead atoms. The number of ether oxygens (including phenoxy) is 1. The summed E-state index contributed by atoms with van der Waals surface area (Å²) in [5.41, 5.74) is 0.762. The molecule has 6 heteroatoms. The van der Waals surface area contributed by atoms with Gasteiger partial charge < -0.3 is 19.9 Å². The number of rotatable bonds is 6. The molecule has 2 saturated heterocycles. The number of para-hydroxylation sites is 2. The Morgan fingerprint density at radius 2 is 2.16 bits per heavy atom. The van der Waals surface area contributed by atoms with Crippen LogP contribution in [0.25, 0.3) is 0 Å². The number of carbonyl (C=O) groups excluding carboxylic acids is 2. The summed E-state index contributed by atoms with van der Waals surface area (Å²) in [4.78, 5) is 29.2. The lowest BCUT2D eigenvalue weighted by Crippen LogP contribution is -2.44. The maximum Gasteiger partial charge on any atom is 0.228 e. The first-order valence-electron chi connectivity index (χ1n) is 9.13. The third kappa shape index (κ3) is 3.63. The van der Waals surface area contributed by atoms with Crippen LogP contribution >= 0.6 is 0 Å². The summed E-state index contributed by atoms with van der Waals surface area (Å²) >= 11 is 0. The Morgan fingerprint density at radius 3 is 2.92 bits per heavy atom. The second-order valence-corrected chi connectivity index (χ2v) is 6.69. The number of hydrogen-bond donors (Lipinski definition) is 1. The Morgan fingerprint density at radius 1 is 1.36 bits per heavy atom. The molecule has 1 aromatic carbocycles. The van der Waals surface area contributed by atoms with E-state index in [1.54, 1.807) is 4.90 Å². The first-order chi connectivity index (χ1) is 12.2. The van der Waals surface area contributed by atoms with Crippen molar-refractivity contribution >= 4 is 17.5 Å². The van der Waals surface area contributed by atoms with E-state index in [0.29, 0.717) is 18.9 Å². The quantitative estimate of drug-likeness (QED) is 0.852. The highest BCUT2D eigenvalue weighted by Crippen LogP contribution is 2.34. The molecule has 1 N–H and O–H groups in total. The summed E-state index contributed by atoms with van der Waals surface area (Å²) in [6.07, 6.45) is 2.35. The van der Waals surface area contributed by atoms with Crippen LogP contribution in [0.4, 0.5) is 5.69 Å². The number of likely N-dealkylation sites (tertiary alicyclic amines) is 1.